The SMILES string of the molecule is CCCCOc1ccc2c(oc3c(F)c([C@@H](O)CCC)ccc32)c1F. The third-order valence-corrected chi connectivity index (χ3v) is 4.36. The fourth-order valence-corrected chi connectivity index (χ4v) is 2.96. The van der Waals surface area contributed by atoms with Gasteiger partial charge in [-0.2, -0.15) is 4.39 Å². The zero-order valence-electron chi connectivity index (χ0n) is 14.4. The molecule has 0 unspecified atom stereocenters. The van der Waals surface area contributed by atoms with Gasteiger partial charge in [-0.05, 0) is 31.0 Å². The number of rotatable bonds is 7. The first-order valence-corrected chi connectivity index (χ1v) is 8.72. The first-order valence-electron chi connectivity index (χ1n) is 8.72. The van der Waals surface area contributed by atoms with Gasteiger partial charge in [0, 0.05) is 16.3 Å². The number of aliphatic hydroxyl groups excluding tert-OH is 1. The number of fused-ring (bicyclic) bond motifs is 3. The normalized spacial score (nSPS) is 12.8. The molecule has 1 heterocycles. The van der Waals surface area contributed by atoms with Crippen LogP contribution < -0.4 is 4.74 Å². The van der Waals surface area contributed by atoms with Crippen LogP contribution in [0, 0.1) is 11.6 Å². The molecule has 0 fully saturated rings. The lowest BCUT2D eigenvalue weighted by molar-refractivity contribution is 0.162. The van der Waals surface area contributed by atoms with E-state index >= 15 is 0 Å². The Bertz CT molecular complexity index is 886. The minimum absolute atomic E-state index is 0.0231. The number of unbranched alkanes of at least 4 members (excludes halogenated alkanes) is 1. The van der Waals surface area contributed by atoms with Gasteiger partial charge in [0.05, 0.1) is 12.7 Å². The number of ether oxygens (including phenoxy) is 1. The van der Waals surface area contributed by atoms with Crippen molar-refractivity contribution < 1.29 is 23.0 Å². The second kappa shape index (κ2) is 7.40. The largest absolute Gasteiger partial charge is 0.490 e. The smallest absolute Gasteiger partial charge is 0.208 e. The average molecular weight is 348 g/mol. The molecule has 0 aliphatic carbocycles. The molecule has 0 saturated heterocycles. The summed E-state index contributed by atoms with van der Waals surface area (Å²) in [7, 11) is 0. The van der Waals surface area contributed by atoms with Crippen LogP contribution in [0.15, 0.2) is 28.7 Å². The van der Waals surface area contributed by atoms with Gasteiger partial charge >= 0.3 is 0 Å². The summed E-state index contributed by atoms with van der Waals surface area (Å²) in [6, 6.07) is 6.42. The molecule has 0 saturated carbocycles. The second-order valence-electron chi connectivity index (χ2n) is 6.21. The monoisotopic (exact) mass is 348 g/mol. The van der Waals surface area contributed by atoms with Gasteiger partial charge in [0.1, 0.15) is 0 Å². The highest BCUT2D eigenvalue weighted by Crippen LogP contribution is 2.37. The van der Waals surface area contributed by atoms with Crippen molar-refractivity contribution in [1.29, 1.82) is 0 Å². The third kappa shape index (κ3) is 3.21. The minimum Gasteiger partial charge on any atom is -0.490 e. The minimum atomic E-state index is -0.902. The summed E-state index contributed by atoms with van der Waals surface area (Å²) in [6.45, 7) is 4.35. The molecule has 1 atom stereocenters. The lowest BCUT2D eigenvalue weighted by atomic mass is 10.0. The van der Waals surface area contributed by atoms with Crippen molar-refractivity contribution in [3.8, 4) is 5.75 Å². The van der Waals surface area contributed by atoms with Gasteiger partial charge in [-0.25, -0.2) is 4.39 Å². The summed E-state index contributed by atoms with van der Waals surface area (Å²) < 4.78 is 40.3. The Morgan fingerprint density at radius 1 is 1.00 bits per heavy atom. The summed E-state index contributed by atoms with van der Waals surface area (Å²) >= 11 is 0. The average Bonchev–Trinajstić information content (AvgIpc) is 2.98. The van der Waals surface area contributed by atoms with E-state index in [1.807, 2.05) is 13.8 Å². The predicted octanol–water partition coefficient (Wildman–Crippen LogP) is 5.88. The topological polar surface area (TPSA) is 42.6 Å². The first kappa shape index (κ1) is 17.7. The lowest BCUT2D eigenvalue weighted by Crippen LogP contribution is -2.00. The molecular formula is C20H22F2O3. The van der Waals surface area contributed by atoms with Crippen molar-refractivity contribution >= 4 is 21.9 Å². The van der Waals surface area contributed by atoms with E-state index in [1.54, 1.807) is 18.2 Å². The number of benzene rings is 2. The van der Waals surface area contributed by atoms with Gasteiger partial charge < -0.3 is 14.3 Å². The fraction of sp³-hybridized carbons (Fsp3) is 0.400. The summed E-state index contributed by atoms with van der Waals surface area (Å²) in [5.41, 5.74) is 0.116. The second-order valence-corrected chi connectivity index (χ2v) is 6.21. The first-order chi connectivity index (χ1) is 12.1. The van der Waals surface area contributed by atoms with Gasteiger partial charge in [0.25, 0.3) is 0 Å². The van der Waals surface area contributed by atoms with Gasteiger partial charge in [0.15, 0.2) is 22.7 Å². The molecule has 1 N–H and O–H groups in total. The number of halogens is 2. The Kier molecular flexibility index (Phi) is 5.23. The molecule has 3 nitrogen and oxygen atoms in total. The Morgan fingerprint density at radius 3 is 2.36 bits per heavy atom. The van der Waals surface area contributed by atoms with Crippen LogP contribution in [0.4, 0.5) is 8.78 Å². The van der Waals surface area contributed by atoms with E-state index in [0.717, 1.165) is 19.3 Å². The van der Waals surface area contributed by atoms with Crippen LogP contribution in [0.2, 0.25) is 0 Å². The maximum Gasteiger partial charge on any atom is 0.208 e. The van der Waals surface area contributed by atoms with E-state index in [0.29, 0.717) is 23.8 Å². The predicted molar refractivity (Wildman–Crippen MR) is 93.9 cm³/mol. The molecule has 0 amide bonds. The van der Waals surface area contributed by atoms with E-state index < -0.39 is 17.7 Å². The molecule has 0 spiro atoms. The zero-order chi connectivity index (χ0) is 18.0. The van der Waals surface area contributed by atoms with E-state index in [9.17, 15) is 13.9 Å². The van der Waals surface area contributed by atoms with Crippen molar-refractivity contribution in [2.24, 2.45) is 0 Å². The van der Waals surface area contributed by atoms with E-state index in [1.165, 1.54) is 6.07 Å². The molecule has 2 aromatic carbocycles. The molecule has 3 rings (SSSR count). The van der Waals surface area contributed by atoms with E-state index in [4.69, 9.17) is 9.15 Å². The highest BCUT2D eigenvalue weighted by atomic mass is 19.1. The van der Waals surface area contributed by atoms with Crippen molar-refractivity contribution in [1.82, 2.24) is 0 Å². The van der Waals surface area contributed by atoms with Crippen LogP contribution in [0.3, 0.4) is 0 Å². The Balaban J connectivity index is 2.08. The number of hydrogen-bond acceptors (Lipinski definition) is 3. The van der Waals surface area contributed by atoms with Crippen LogP contribution in [-0.4, -0.2) is 11.7 Å². The molecule has 134 valence electrons. The van der Waals surface area contributed by atoms with E-state index in [2.05, 4.69) is 0 Å². The summed E-state index contributed by atoms with van der Waals surface area (Å²) in [4.78, 5) is 0. The van der Waals surface area contributed by atoms with Gasteiger partial charge in [-0.15, -0.1) is 0 Å². The van der Waals surface area contributed by atoms with Gasteiger partial charge in [-0.3, -0.25) is 0 Å². The molecule has 3 aromatic rings. The van der Waals surface area contributed by atoms with Crippen molar-refractivity contribution in [2.75, 3.05) is 6.61 Å². The number of hydrogen-bond donors (Lipinski definition) is 1. The Labute approximate surface area is 145 Å². The molecule has 0 aliphatic heterocycles. The van der Waals surface area contributed by atoms with Crippen LogP contribution in [0.25, 0.3) is 21.9 Å². The fourth-order valence-electron chi connectivity index (χ4n) is 2.96. The number of furan rings is 1. The lowest BCUT2D eigenvalue weighted by Gasteiger charge is -2.10. The van der Waals surface area contributed by atoms with Crippen molar-refractivity contribution in [3.63, 3.8) is 0 Å². The van der Waals surface area contributed by atoms with Crippen molar-refractivity contribution in [2.45, 2.75) is 45.6 Å². The molecule has 0 aliphatic rings. The highest BCUT2D eigenvalue weighted by Gasteiger charge is 2.21. The number of aliphatic hydroxyl groups is 1. The van der Waals surface area contributed by atoms with Crippen LogP contribution in [-0.2, 0) is 0 Å². The molecule has 25 heavy (non-hydrogen) atoms. The molecular weight excluding hydrogens is 326 g/mol. The molecule has 0 radical (unpaired) electrons. The van der Waals surface area contributed by atoms with Crippen molar-refractivity contribution in [3.05, 3.63) is 41.5 Å². The van der Waals surface area contributed by atoms with Crippen LogP contribution >= 0.6 is 0 Å². The summed E-state index contributed by atoms with van der Waals surface area (Å²) in [5, 5.41) is 11.1. The molecule has 1 aromatic heterocycles. The molecule has 5 heteroatoms. The van der Waals surface area contributed by atoms with Gasteiger partial charge in [-0.1, -0.05) is 32.8 Å². The van der Waals surface area contributed by atoms with Crippen LogP contribution in [0.1, 0.15) is 51.2 Å². The summed E-state index contributed by atoms with van der Waals surface area (Å²) in [6.07, 6.45) is 2.05. The maximum atomic E-state index is 14.8. The third-order valence-electron chi connectivity index (χ3n) is 4.36. The highest BCUT2D eigenvalue weighted by molar-refractivity contribution is 6.05. The summed E-state index contributed by atoms with van der Waals surface area (Å²) in [5.74, 6) is -1.16. The van der Waals surface area contributed by atoms with Crippen LogP contribution in [0.5, 0.6) is 5.75 Å². The quantitative estimate of drug-likeness (QED) is 0.542. The molecule has 0 bridgehead atoms. The van der Waals surface area contributed by atoms with Gasteiger partial charge in [0.2, 0.25) is 5.82 Å². The maximum absolute atomic E-state index is 14.8. The van der Waals surface area contributed by atoms with E-state index in [-0.39, 0.29) is 22.5 Å². The Hall–Kier alpha value is -2.14. The zero-order valence-corrected chi connectivity index (χ0v) is 14.4. The standard InChI is InChI=1S/C20H22F2O3/c1-3-5-11-24-16-10-9-13-12-7-8-14(15(23)6-4-2)17(21)19(12)25-20(13)18(16)22/h7-10,15,23H,3-6,11H2,1-2H3/t15-/m0/s1. The Morgan fingerprint density at radius 2 is 1.68 bits per heavy atom.